The Kier molecular flexibility index (Phi) is 6.65. The second-order valence-electron chi connectivity index (χ2n) is 5.65. The van der Waals surface area contributed by atoms with Crippen LogP contribution in [0.15, 0.2) is 24.3 Å². The zero-order chi connectivity index (χ0) is 15.8. The first kappa shape index (κ1) is 16.7. The van der Waals surface area contributed by atoms with Crippen LogP contribution in [-0.2, 0) is 4.79 Å². The maximum absolute atomic E-state index is 12.1. The van der Waals surface area contributed by atoms with E-state index in [1.165, 1.54) is 6.42 Å². The number of carbonyl (C=O) groups is 1. The Morgan fingerprint density at radius 3 is 2.55 bits per heavy atom. The summed E-state index contributed by atoms with van der Waals surface area (Å²) in [6, 6.07) is 7.57. The molecule has 1 fully saturated rings. The van der Waals surface area contributed by atoms with Crippen molar-refractivity contribution in [3.8, 4) is 5.75 Å². The first-order valence-electron chi connectivity index (χ1n) is 8.03. The third-order valence-corrected chi connectivity index (χ3v) is 4.00. The Balaban J connectivity index is 1.79. The molecule has 0 atom stereocenters. The Morgan fingerprint density at radius 1 is 1.23 bits per heavy atom. The Bertz CT molecular complexity index is 496. The number of nitrogens with one attached hydrogen (secondary N) is 2. The van der Waals surface area contributed by atoms with Crippen LogP contribution < -0.4 is 15.4 Å². The van der Waals surface area contributed by atoms with Crippen molar-refractivity contribution >= 4 is 28.9 Å². The standard InChI is InChI=1S/C17H24N2O2S/c1-2-12-21-15-10-8-14(9-11-15)18-17(22)19-16(20)13-6-4-3-5-7-13/h8-11,13H,2-7,12H2,1H3,(H2,18,19,20,22). The molecule has 1 amide bonds. The molecule has 120 valence electrons. The molecule has 0 heterocycles. The molecule has 5 heteroatoms. The van der Waals surface area contributed by atoms with Crippen molar-refractivity contribution < 1.29 is 9.53 Å². The van der Waals surface area contributed by atoms with Gasteiger partial charge in [-0.05, 0) is 55.7 Å². The molecule has 0 saturated heterocycles. The number of carbonyl (C=O) groups excluding carboxylic acids is 1. The van der Waals surface area contributed by atoms with Crippen LogP contribution in [0.2, 0.25) is 0 Å². The van der Waals surface area contributed by atoms with Crippen molar-refractivity contribution in [2.45, 2.75) is 45.4 Å². The highest BCUT2D eigenvalue weighted by atomic mass is 32.1. The van der Waals surface area contributed by atoms with Gasteiger partial charge in [0.15, 0.2) is 5.11 Å². The van der Waals surface area contributed by atoms with E-state index in [1.54, 1.807) is 0 Å². The number of benzene rings is 1. The quantitative estimate of drug-likeness (QED) is 0.809. The van der Waals surface area contributed by atoms with Crippen molar-refractivity contribution in [3.63, 3.8) is 0 Å². The maximum Gasteiger partial charge on any atom is 0.229 e. The summed E-state index contributed by atoms with van der Waals surface area (Å²) in [5, 5.41) is 6.20. The highest BCUT2D eigenvalue weighted by molar-refractivity contribution is 7.80. The molecule has 0 bridgehead atoms. The summed E-state index contributed by atoms with van der Waals surface area (Å²) in [5.74, 6) is 0.989. The largest absolute Gasteiger partial charge is 0.494 e. The highest BCUT2D eigenvalue weighted by Gasteiger charge is 2.21. The van der Waals surface area contributed by atoms with Gasteiger partial charge in [-0.15, -0.1) is 0 Å². The lowest BCUT2D eigenvalue weighted by atomic mass is 9.89. The molecule has 22 heavy (non-hydrogen) atoms. The molecule has 4 nitrogen and oxygen atoms in total. The molecule has 0 unspecified atom stereocenters. The first-order valence-corrected chi connectivity index (χ1v) is 8.44. The van der Waals surface area contributed by atoms with Gasteiger partial charge in [0, 0.05) is 11.6 Å². The van der Waals surface area contributed by atoms with E-state index in [2.05, 4.69) is 17.6 Å². The predicted molar refractivity (Wildman–Crippen MR) is 93.2 cm³/mol. The van der Waals surface area contributed by atoms with E-state index in [0.717, 1.165) is 43.5 Å². The summed E-state index contributed by atoms with van der Waals surface area (Å²) in [7, 11) is 0. The van der Waals surface area contributed by atoms with Crippen LogP contribution in [0.25, 0.3) is 0 Å². The summed E-state index contributed by atoms with van der Waals surface area (Å²) >= 11 is 5.21. The zero-order valence-corrected chi connectivity index (χ0v) is 13.9. The Hall–Kier alpha value is -1.62. The third-order valence-electron chi connectivity index (χ3n) is 3.80. The van der Waals surface area contributed by atoms with Crippen LogP contribution in [0, 0.1) is 5.92 Å². The van der Waals surface area contributed by atoms with E-state index >= 15 is 0 Å². The molecule has 1 aliphatic rings. The number of anilines is 1. The summed E-state index contributed by atoms with van der Waals surface area (Å²) in [5.41, 5.74) is 0.845. The molecule has 1 aromatic carbocycles. The average molecular weight is 320 g/mol. The number of amides is 1. The van der Waals surface area contributed by atoms with E-state index in [9.17, 15) is 4.79 Å². The van der Waals surface area contributed by atoms with Gasteiger partial charge in [-0.3, -0.25) is 4.79 Å². The van der Waals surface area contributed by atoms with Crippen molar-refractivity contribution in [1.82, 2.24) is 5.32 Å². The number of ether oxygens (including phenoxy) is 1. The lowest BCUT2D eigenvalue weighted by Crippen LogP contribution is -2.38. The number of hydrogen-bond donors (Lipinski definition) is 2. The van der Waals surface area contributed by atoms with Gasteiger partial charge in [0.1, 0.15) is 5.75 Å². The van der Waals surface area contributed by atoms with Crippen LogP contribution >= 0.6 is 12.2 Å². The topological polar surface area (TPSA) is 50.4 Å². The second kappa shape index (κ2) is 8.73. The summed E-state index contributed by atoms with van der Waals surface area (Å²) in [4.78, 5) is 12.1. The van der Waals surface area contributed by atoms with Crippen molar-refractivity contribution in [2.24, 2.45) is 5.92 Å². The molecule has 2 N–H and O–H groups in total. The van der Waals surface area contributed by atoms with Gasteiger partial charge in [-0.2, -0.15) is 0 Å². The van der Waals surface area contributed by atoms with E-state index in [4.69, 9.17) is 17.0 Å². The average Bonchev–Trinajstić information content (AvgIpc) is 2.55. The van der Waals surface area contributed by atoms with Crippen LogP contribution in [0.3, 0.4) is 0 Å². The SMILES string of the molecule is CCCOc1ccc(NC(=S)NC(=O)C2CCCCC2)cc1. The summed E-state index contributed by atoms with van der Waals surface area (Å²) < 4.78 is 5.53. The molecule has 0 spiro atoms. The van der Waals surface area contributed by atoms with Crippen molar-refractivity contribution in [2.75, 3.05) is 11.9 Å². The fourth-order valence-corrected chi connectivity index (χ4v) is 2.81. The minimum atomic E-state index is 0.0418. The molecule has 2 rings (SSSR count). The number of hydrogen-bond acceptors (Lipinski definition) is 3. The molecule has 1 aromatic rings. The number of rotatable bonds is 5. The molecular weight excluding hydrogens is 296 g/mol. The van der Waals surface area contributed by atoms with Gasteiger partial charge >= 0.3 is 0 Å². The summed E-state index contributed by atoms with van der Waals surface area (Å²) in [6.45, 7) is 2.78. The van der Waals surface area contributed by atoms with Gasteiger partial charge in [0.25, 0.3) is 0 Å². The van der Waals surface area contributed by atoms with Gasteiger partial charge in [-0.1, -0.05) is 26.2 Å². The van der Waals surface area contributed by atoms with Crippen molar-refractivity contribution in [1.29, 1.82) is 0 Å². The van der Waals surface area contributed by atoms with Crippen LogP contribution in [0.5, 0.6) is 5.75 Å². The Labute approximate surface area is 137 Å². The van der Waals surface area contributed by atoms with Crippen LogP contribution in [0.4, 0.5) is 5.69 Å². The van der Waals surface area contributed by atoms with Crippen molar-refractivity contribution in [3.05, 3.63) is 24.3 Å². The van der Waals surface area contributed by atoms with Crippen LogP contribution in [0.1, 0.15) is 45.4 Å². The predicted octanol–water partition coefficient (Wildman–Crippen LogP) is 3.87. The lowest BCUT2D eigenvalue weighted by Gasteiger charge is -2.21. The molecule has 1 aliphatic carbocycles. The van der Waals surface area contributed by atoms with Crippen LogP contribution in [-0.4, -0.2) is 17.6 Å². The smallest absolute Gasteiger partial charge is 0.229 e. The lowest BCUT2D eigenvalue weighted by molar-refractivity contribution is -0.124. The van der Waals surface area contributed by atoms with E-state index < -0.39 is 0 Å². The molecule has 0 aliphatic heterocycles. The highest BCUT2D eigenvalue weighted by Crippen LogP contribution is 2.23. The third kappa shape index (κ3) is 5.30. The minimum absolute atomic E-state index is 0.0418. The Morgan fingerprint density at radius 2 is 1.91 bits per heavy atom. The maximum atomic E-state index is 12.1. The minimum Gasteiger partial charge on any atom is -0.494 e. The zero-order valence-electron chi connectivity index (χ0n) is 13.1. The molecule has 1 saturated carbocycles. The molecule has 0 radical (unpaired) electrons. The second-order valence-corrected chi connectivity index (χ2v) is 6.06. The van der Waals surface area contributed by atoms with Gasteiger partial charge in [0.05, 0.1) is 6.61 Å². The van der Waals surface area contributed by atoms with Gasteiger partial charge in [0.2, 0.25) is 5.91 Å². The van der Waals surface area contributed by atoms with E-state index in [0.29, 0.717) is 11.7 Å². The number of thiocarbonyl (C=S) groups is 1. The monoisotopic (exact) mass is 320 g/mol. The summed E-state index contributed by atoms with van der Waals surface area (Å²) in [6.07, 6.45) is 6.43. The fraction of sp³-hybridized carbons (Fsp3) is 0.529. The molecular formula is C17H24N2O2S. The molecule has 0 aromatic heterocycles. The van der Waals surface area contributed by atoms with Gasteiger partial charge < -0.3 is 15.4 Å². The fourth-order valence-electron chi connectivity index (χ4n) is 2.60. The normalized spacial score (nSPS) is 15.1. The first-order chi connectivity index (χ1) is 10.7. The van der Waals surface area contributed by atoms with E-state index in [1.807, 2.05) is 24.3 Å². The van der Waals surface area contributed by atoms with Gasteiger partial charge in [-0.25, -0.2) is 0 Å². The van der Waals surface area contributed by atoms with E-state index in [-0.39, 0.29) is 11.8 Å².